The van der Waals surface area contributed by atoms with E-state index in [1.54, 1.807) is 18.2 Å². The van der Waals surface area contributed by atoms with Crippen molar-refractivity contribution in [3.8, 4) is 0 Å². The highest BCUT2D eigenvalue weighted by molar-refractivity contribution is 5.87. The number of pyridine rings is 2. The van der Waals surface area contributed by atoms with Crippen molar-refractivity contribution in [2.75, 3.05) is 18.0 Å². The molecule has 0 radical (unpaired) electrons. The van der Waals surface area contributed by atoms with Crippen LogP contribution in [0.3, 0.4) is 0 Å². The normalized spacial score (nSPS) is 23.5. The minimum Gasteiger partial charge on any atom is -0.478 e. The van der Waals surface area contributed by atoms with E-state index in [4.69, 9.17) is 5.11 Å². The van der Waals surface area contributed by atoms with Gasteiger partial charge in [-0.25, -0.2) is 9.78 Å². The topological polar surface area (TPSA) is 75.4 Å². The predicted octanol–water partition coefficient (Wildman–Crippen LogP) is 3.54. The van der Waals surface area contributed by atoms with Crippen LogP contribution in [0.2, 0.25) is 0 Å². The van der Waals surface area contributed by atoms with E-state index >= 15 is 0 Å². The van der Waals surface area contributed by atoms with Crippen LogP contribution in [-0.2, 0) is 0 Å². The molecule has 1 N–H and O–H groups in total. The van der Waals surface area contributed by atoms with Gasteiger partial charge in [0.2, 0.25) is 0 Å². The van der Waals surface area contributed by atoms with Crippen LogP contribution < -0.4 is 10.5 Å². The van der Waals surface area contributed by atoms with Crippen LogP contribution in [0.25, 0.3) is 0 Å². The summed E-state index contributed by atoms with van der Waals surface area (Å²) in [6.45, 7) is 6.10. The van der Waals surface area contributed by atoms with E-state index in [0.29, 0.717) is 17.8 Å². The quantitative estimate of drug-likeness (QED) is 0.857. The van der Waals surface area contributed by atoms with Crippen molar-refractivity contribution in [3.63, 3.8) is 0 Å². The van der Waals surface area contributed by atoms with Crippen molar-refractivity contribution in [1.82, 2.24) is 9.55 Å². The van der Waals surface area contributed by atoms with Gasteiger partial charge in [0.15, 0.2) is 0 Å². The summed E-state index contributed by atoms with van der Waals surface area (Å²) in [7, 11) is 0. The van der Waals surface area contributed by atoms with Gasteiger partial charge in [0.1, 0.15) is 5.82 Å². The van der Waals surface area contributed by atoms with Crippen LogP contribution in [-0.4, -0.2) is 33.7 Å². The van der Waals surface area contributed by atoms with Crippen molar-refractivity contribution < 1.29 is 9.90 Å². The lowest BCUT2D eigenvalue weighted by Crippen LogP contribution is -2.49. The van der Waals surface area contributed by atoms with Gasteiger partial charge in [-0.1, -0.05) is 19.9 Å². The highest BCUT2D eigenvalue weighted by Gasteiger charge is 2.40. The Bertz CT molecular complexity index is 919. The molecule has 1 fully saturated rings. The lowest BCUT2D eigenvalue weighted by Gasteiger charge is -2.47. The van der Waals surface area contributed by atoms with Gasteiger partial charge in [0.05, 0.1) is 5.56 Å². The maximum Gasteiger partial charge on any atom is 0.337 e. The Hall–Kier alpha value is -2.63. The van der Waals surface area contributed by atoms with Crippen LogP contribution in [0.4, 0.5) is 5.82 Å². The van der Waals surface area contributed by atoms with E-state index in [9.17, 15) is 9.59 Å². The number of carboxylic acids is 1. The Morgan fingerprint density at radius 1 is 1.25 bits per heavy atom. The summed E-state index contributed by atoms with van der Waals surface area (Å²) < 4.78 is 2.06. The lowest BCUT2D eigenvalue weighted by molar-refractivity contribution is 0.0696. The van der Waals surface area contributed by atoms with Gasteiger partial charge in [-0.3, -0.25) is 4.79 Å². The molecule has 6 nitrogen and oxygen atoms in total. The molecule has 2 aromatic heterocycles. The van der Waals surface area contributed by atoms with Crippen LogP contribution in [0.15, 0.2) is 41.3 Å². The van der Waals surface area contributed by atoms with Gasteiger partial charge in [-0.05, 0) is 49.3 Å². The van der Waals surface area contributed by atoms with Gasteiger partial charge in [0.25, 0.3) is 5.56 Å². The third-order valence-electron chi connectivity index (χ3n) is 6.16. The molecule has 4 rings (SSSR count). The van der Waals surface area contributed by atoms with E-state index in [1.807, 2.05) is 6.07 Å². The van der Waals surface area contributed by atoms with Crippen LogP contribution in [0, 0.1) is 11.8 Å². The molecule has 148 valence electrons. The number of carboxylic acid groups (broad SMARTS) is 1. The number of carbonyl (C=O) groups is 1. The second-order valence-electron chi connectivity index (χ2n) is 8.51. The predicted molar refractivity (Wildman–Crippen MR) is 108 cm³/mol. The minimum atomic E-state index is -0.961. The fourth-order valence-electron chi connectivity index (χ4n) is 4.80. The number of hydrogen-bond acceptors (Lipinski definition) is 4. The zero-order chi connectivity index (χ0) is 19.8. The van der Waals surface area contributed by atoms with Gasteiger partial charge in [-0.15, -0.1) is 0 Å². The molecule has 0 unspecified atom stereocenters. The van der Waals surface area contributed by atoms with Crippen LogP contribution in [0.1, 0.15) is 61.1 Å². The first kappa shape index (κ1) is 18.7. The zero-order valence-electron chi connectivity index (χ0n) is 16.4. The van der Waals surface area contributed by atoms with Gasteiger partial charge >= 0.3 is 5.97 Å². The molecule has 0 aliphatic carbocycles. The number of fused-ring (bicyclic) bond motifs is 4. The summed E-state index contributed by atoms with van der Waals surface area (Å²) in [6, 6.07) is 9.26. The number of aromatic nitrogens is 2. The van der Waals surface area contributed by atoms with Crippen molar-refractivity contribution in [2.24, 2.45) is 11.8 Å². The molecule has 4 heterocycles. The summed E-state index contributed by atoms with van der Waals surface area (Å²) in [5.41, 5.74) is 1.44. The highest BCUT2D eigenvalue weighted by Crippen LogP contribution is 2.43. The maximum atomic E-state index is 12.7. The van der Waals surface area contributed by atoms with E-state index in [-0.39, 0.29) is 17.2 Å². The number of piperidine rings is 1. The first-order valence-corrected chi connectivity index (χ1v) is 10.1. The van der Waals surface area contributed by atoms with E-state index in [2.05, 4.69) is 34.4 Å². The summed E-state index contributed by atoms with van der Waals surface area (Å²) in [6.07, 6.45) is 4.62. The molecule has 0 aromatic carbocycles. The van der Waals surface area contributed by atoms with Gasteiger partial charge < -0.3 is 14.6 Å². The second kappa shape index (κ2) is 7.41. The van der Waals surface area contributed by atoms with Crippen LogP contribution >= 0.6 is 0 Å². The molecule has 2 bridgehead atoms. The largest absolute Gasteiger partial charge is 0.478 e. The smallest absolute Gasteiger partial charge is 0.337 e. The van der Waals surface area contributed by atoms with E-state index < -0.39 is 5.97 Å². The highest BCUT2D eigenvalue weighted by atomic mass is 16.4. The number of rotatable bonds is 5. The molecular weight excluding hydrogens is 354 g/mol. The number of nitrogens with zero attached hydrogens (tertiary/aromatic N) is 3. The summed E-state index contributed by atoms with van der Waals surface area (Å²) in [5, 5.41) is 9.11. The van der Waals surface area contributed by atoms with E-state index in [1.165, 1.54) is 6.20 Å². The zero-order valence-corrected chi connectivity index (χ0v) is 16.4. The third kappa shape index (κ3) is 3.43. The van der Waals surface area contributed by atoms with Crippen molar-refractivity contribution in [3.05, 3.63) is 58.1 Å². The summed E-state index contributed by atoms with van der Waals surface area (Å²) in [4.78, 5) is 30.4. The molecular formula is C22H27N3O3. The summed E-state index contributed by atoms with van der Waals surface area (Å²) >= 11 is 0. The molecule has 0 spiro atoms. The Labute approximate surface area is 164 Å². The molecule has 3 atom stereocenters. The van der Waals surface area contributed by atoms with Gasteiger partial charge in [-0.2, -0.15) is 0 Å². The average Bonchev–Trinajstić information content (AvgIpc) is 2.68. The monoisotopic (exact) mass is 381 g/mol. The van der Waals surface area contributed by atoms with Crippen molar-refractivity contribution in [2.45, 2.75) is 45.1 Å². The molecule has 28 heavy (non-hydrogen) atoms. The molecule has 2 aliphatic rings. The average molecular weight is 381 g/mol. The molecule has 0 amide bonds. The standard InChI is InChI=1S/C22H27N3O3/c1-14(2)6-8-19-17-10-16(18-4-3-5-21(26)25(18)19)12-24(13-17)20-9-7-15(11-23-20)22(27)28/h3-5,7,9,11,14,16-17,19H,6,8,10,12-13H2,1-2H3,(H,27,28)/t16-,17+,19+/m1/s1. The molecule has 2 aliphatic heterocycles. The Balaban J connectivity index is 1.66. The Morgan fingerprint density at radius 2 is 2.07 bits per heavy atom. The van der Waals surface area contributed by atoms with Gasteiger partial charge in [0, 0.05) is 43.0 Å². The first-order chi connectivity index (χ1) is 13.4. The molecule has 1 saturated heterocycles. The molecule has 0 saturated carbocycles. The Kier molecular flexibility index (Phi) is 4.96. The maximum absolute atomic E-state index is 12.7. The Morgan fingerprint density at radius 3 is 2.75 bits per heavy atom. The van der Waals surface area contributed by atoms with Crippen molar-refractivity contribution in [1.29, 1.82) is 0 Å². The SMILES string of the molecule is CC(C)CC[C@H]1[C@H]2C[C@H](CN(c3ccc(C(=O)O)cn3)C2)c2cccc(=O)n21. The number of anilines is 1. The van der Waals surface area contributed by atoms with E-state index in [0.717, 1.165) is 43.9 Å². The fraction of sp³-hybridized carbons (Fsp3) is 0.500. The first-order valence-electron chi connectivity index (χ1n) is 10.1. The lowest BCUT2D eigenvalue weighted by atomic mass is 9.76. The minimum absolute atomic E-state index is 0.110. The summed E-state index contributed by atoms with van der Waals surface area (Å²) in [5.74, 6) is 1.14. The number of aromatic carboxylic acids is 1. The molecule has 2 aromatic rings. The van der Waals surface area contributed by atoms with Crippen molar-refractivity contribution >= 4 is 11.8 Å². The van der Waals surface area contributed by atoms with Crippen LogP contribution in [0.5, 0.6) is 0 Å². The number of hydrogen-bond donors (Lipinski definition) is 1. The molecule has 6 heteroatoms. The fourth-order valence-corrected chi connectivity index (χ4v) is 4.80. The third-order valence-corrected chi connectivity index (χ3v) is 6.16. The second-order valence-corrected chi connectivity index (χ2v) is 8.51.